The van der Waals surface area contributed by atoms with E-state index in [-0.39, 0.29) is 24.8 Å². The lowest BCUT2D eigenvalue weighted by molar-refractivity contribution is -0.125. The number of amides is 2. The Labute approximate surface area is 144 Å². The van der Waals surface area contributed by atoms with Gasteiger partial charge in [-0.05, 0) is 24.3 Å². The second-order valence-electron chi connectivity index (χ2n) is 4.95. The fraction of sp³-hybridized carbons (Fsp3) is 0.429. The summed E-state index contributed by atoms with van der Waals surface area (Å²) in [5, 5.41) is 2.44. The van der Waals surface area contributed by atoms with Crippen LogP contribution in [-0.2, 0) is 9.53 Å². The van der Waals surface area contributed by atoms with E-state index < -0.39 is 11.3 Å². The van der Waals surface area contributed by atoms with Gasteiger partial charge in [-0.1, -0.05) is 17.8 Å². The number of morpholine rings is 1. The van der Waals surface area contributed by atoms with Gasteiger partial charge in [0.15, 0.2) is 0 Å². The number of carbonyl (C=O) groups is 2. The maximum absolute atomic E-state index is 11.8. The molecule has 1 fully saturated rings. The van der Waals surface area contributed by atoms with Gasteiger partial charge in [-0.15, -0.1) is 0 Å². The van der Waals surface area contributed by atoms with E-state index in [1.165, 1.54) is 4.90 Å². The maximum atomic E-state index is 11.8. The Morgan fingerprint density at radius 2 is 2.09 bits per heavy atom. The number of hydrogen-bond donors (Lipinski definition) is 2. The van der Waals surface area contributed by atoms with Gasteiger partial charge >= 0.3 is 0 Å². The van der Waals surface area contributed by atoms with Gasteiger partial charge in [0.05, 0.1) is 13.2 Å². The predicted molar refractivity (Wildman–Crippen MR) is 94.8 cm³/mol. The second kappa shape index (κ2) is 8.32. The molecule has 7 nitrogen and oxygen atoms in total. The van der Waals surface area contributed by atoms with Crippen molar-refractivity contribution >= 4 is 47.8 Å². The first-order valence-electron chi connectivity index (χ1n) is 6.98. The van der Waals surface area contributed by atoms with Crippen molar-refractivity contribution in [3.05, 3.63) is 29.2 Å². The summed E-state index contributed by atoms with van der Waals surface area (Å²) in [6.45, 7) is 1.15. The van der Waals surface area contributed by atoms with Gasteiger partial charge in [-0.3, -0.25) is 9.59 Å². The minimum absolute atomic E-state index is 0.0671. The lowest BCUT2D eigenvalue weighted by Gasteiger charge is -2.28. The number of thiol groups is 2. The minimum Gasteiger partial charge on any atom is -0.370 e. The van der Waals surface area contributed by atoms with Crippen LogP contribution in [0.5, 0.6) is 0 Å². The molecule has 1 aliphatic heterocycles. The minimum atomic E-state index is -0.616. The van der Waals surface area contributed by atoms with Crippen LogP contribution >= 0.6 is 25.3 Å². The van der Waals surface area contributed by atoms with Crippen molar-refractivity contribution in [2.45, 2.75) is 6.04 Å². The van der Waals surface area contributed by atoms with E-state index in [9.17, 15) is 14.5 Å². The highest BCUT2D eigenvalue weighted by atomic mass is 32.1. The molecule has 23 heavy (non-hydrogen) atoms. The number of anilines is 2. The molecule has 0 aliphatic carbocycles. The summed E-state index contributed by atoms with van der Waals surface area (Å²) >= 11 is 7.87. The largest absolute Gasteiger partial charge is 0.370 e. The first-order chi connectivity index (χ1) is 11.1. The Kier molecular flexibility index (Phi) is 6.43. The van der Waals surface area contributed by atoms with E-state index >= 15 is 0 Å². The fourth-order valence-corrected chi connectivity index (χ4v) is 2.61. The summed E-state index contributed by atoms with van der Waals surface area (Å²) in [5.41, 5.74) is 1.30. The van der Waals surface area contributed by atoms with E-state index in [4.69, 9.17) is 4.74 Å². The van der Waals surface area contributed by atoms with Crippen LogP contribution in [0, 0.1) is 4.91 Å². The van der Waals surface area contributed by atoms with Gasteiger partial charge in [-0.2, -0.15) is 17.5 Å². The zero-order valence-electron chi connectivity index (χ0n) is 12.3. The molecule has 1 aliphatic rings. The van der Waals surface area contributed by atoms with Crippen molar-refractivity contribution in [2.75, 3.05) is 41.9 Å². The summed E-state index contributed by atoms with van der Waals surface area (Å²) in [5.74, 6) is 0.132. The van der Waals surface area contributed by atoms with E-state index in [0.717, 1.165) is 5.69 Å². The Bertz CT molecular complexity index is 582. The Hall–Kier alpha value is -1.58. The fourth-order valence-electron chi connectivity index (χ4n) is 2.23. The molecule has 2 amide bonds. The van der Waals surface area contributed by atoms with Gasteiger partial charge in [-0.25, -0.2) is 0 Å². The summed E-state index contributed by atoms with van der Waals surface area (Å²) in [6.07, 6.45) is 0. The molecule has 0 bridgehead atoms. The number of benzene rings is 1. The average Bonchev–Trinajstić information content (AvgIpc) is 2.56. The zero-order chi connectivity index (χ0) is 16.8. The third kappa shape index (κ3) is 4.46. The Morgan fingerprint density at radius 3 is 2.61 bits per heavy atom. The number of ether oxygens (including phenoxy) is 1. The highest BCUT2D eigenvalue weighted by Crippen LogP contribution is 2.23. The zero-order valence-corrected chi connectivity index (χ0v) is 14.1. The third-order valence-corrected chi connectivity index (χ3v) is 4.11. The molecule has 0 saturated carbocycles. The molecule has 0 radical (unpaired) electrons. The molecule has 0 spiro atoms. The van der Waals surface area contributed by atoms with Crippen LogP contribution < -0.4 is 9.80 Å². The van der Waals surface area contributed by atoms with Crippen molar-refractivity contribution in [3.8, 4) is 0 Å². The molecule has 0 aromatic heterocycles. The van der Waals surface area contributed by atoms with E-state index in [1.54, 1.807) is 29.2 Å². The molecule has 1 heterocycles. The van der Waals surface area contributed by atoms with Crippen LogP contribution in [0.15, 0.2) is 29.4 Å². The van der Waals surface area contributed by atoms with E-state index in [2.05, 4.69) is 30.4 Å². The highest BCUT2D eigenvalue weighted by molar-refractivity contribution is 7.96. The van der Waals surface area contributed by atoms with Crippen molar-refractivity contribution in [2.24, 2.45) is 5.18 Å². The van der Waals surface area contributed by atoms with Crippen LogP contribution in [-0.4, -0.2) is 49.2 Å². The van der Waals surface area contributed by atoms with E-state index in [0.29, 0.717) is 18.8 Å². The smallest absolute Gasteiger partial charge is 0.283 e. The molecule has 9 heteroatoms. The summed E-state index contributed by atoms with van der Waals surface area (Å²) in [7, 11) is 0. The lowest BCUT2D eigenvalue weighted by atomic mass is 10.2. The van der Waals surface area contributed by atoms with Crippen molar-refractivity contribution in [1.29, 1.82) is 0 Å². The number of carbonyl (C=O) groups excluding carboxylic acids is 2. The van der Waals surface area contributed by atoms with Gasteiger partial charge in [0.1, 0.15) is 12.6 Å². The van der Waals surface area contributed by atoms with Crippen LogP contribution in [0.3, 0.4) is 0 Å². The van der Waals surface area contributed by atoms with Gasteiger partial charge in [0.2, 0.25) is 0 Å². The van der Waals surface area contributed by atoms with Crippen LogP contribution in [0.4, 0.5) is 16.2 Å². The Balaban J connectivity index is 2.16. The number of nitrogens with zero attached hydrogens (tertiary/aromatic N) is 3. The molecule has 1 unspecified atom stereocenters. The normalized spacial score (nSPS) is 16.1. The SMILES string of the molecule is O=NC(CS)CN(C(=O)S)c1ccc(N2CCOCC2=O)cc1. The van der Waals surface area contributed by atoms with Crippen molar-refractivity contribution < 1.29 is 14.3 Å². The topological polar surface area (TPSA) is 79.3 Å². The number of rotatable bonds is 6. The predicted octanol–water partition coefficient (Wildman–Crippen LogP) is 1.97. The molecular weight excluding hydrogens is 338 g/mol. The molecule has 1 aromatic carbocycles. The van der Waals surface area contributed by atoms with Gasteiger partial charge < -0.3 is 14.5 Å². The molecule has 0 N–H and O–H groups in total. The third-order valence-electron chi connectivity index (χ3n) is 3.44. The number of nitroso groups, excluding NO2 is 1. The van der Waals surface area contributed by atoms with Gasteiger partial charge in [0.25, 0.3) is 11.1 Å². The lowest BCUT2D eigenvalue weighted by Crippen LogP contribution is -2.41. The quantitative estimate of drug-likeness (QED) is 0.604. The van der Waals surface area contributed by atoms with Crippen LogP contribution in [0.2, 0.25) is 0 Å². The summed E-state index contributed by atoms with van der Waals surface area (Å²) in [4.78, 5) is 37.2. The first kappa shape index (κ1) is 17.8. The molecule has 1 atom stereocenters. The maximum Gasteiger partial charge on any atom is 0.283 e. The van der Waals surface area contributed by atoms with Crippen LogP contribution in [0.1, 0.15) is 0 Å². The molecule has 1 aromatic rings. The van der Waals surface area contributed by atoms with Crippen molar-refractivity contribution in [1.82, 2.24) is 0 Å². The van der Waals surface area contributed by atoms with Crippen LogP contribution in [0.25, 0.3) is 0 Å². The standard InChI is InChI=1S/C14H17N3O4S2/c18-13-8-21-6-5-16(13)11-1-3-12(4-2-11)17(14(19)23)7-10(9-22)15-20/h1-4,10,22H,5-9H2,(H,19,23). The number of hydrogen-bond acceptors (Lipinski definition) is 6. The van der Waals surface area contributed by atoms with Crippen molar-refractivity contribution in [3.63, 3.8) is 0 Å². The molecule has 124 valence electrons. The monoisotopic (exact) mass is 355 g/mol. The Morgan fingerprint density at radius 1 is 1.39 bits per heavy atom. The van der Waals surface area contributed by atoms with E-state index in [1.807, 2.05) is 0 Å². The highest BCUT2D eigenvalue weighted by Gasteiger charge is 2.22. The van der Waals surface area contributed by atoms with Gasteiger partial charge in [0, 0.05) is 23.7 Å². The molecule has 2 rings (SSSR count). The first-order valence-corrected chi connectivity index (χ1v) is 8.06. The average molecular weight is 355 g/mol. The molecular formula is C14H17N3O4S2. The second-order valence-corrected chi connectivity index (χ2v) is 5.70. The molecule has 1 saturated heterocycles. The summed E-state index contributed by atoms with van der Waals surface area (Å²) < 4.78 is 5.09. The summed E-state index contributed by atoms with van der Waals surface area (Å²) in [6, 6.07) is 6.27.